The largest absolute Gasteiger partial charge is 0.490 e. The summed E-state index contributed by atoms with van der Waals surface area (Å²) in [5, 5.41) is 0.739. The lowest BCUT2D eigenvalue weighted by atomic mass is 9.94. The Morgan fingerprint density at radius 2 is 1.75 bits per heavy atom. The van der Waals surface area contributed by atoms with E-state index < -0.39 is 0 Å². The van der Waals surface area contributed by atoms with Crippen molar-refractivity contribution in [3.05, 3.63) is 58.6 Å². The number of ether oxygens (including phenoxy) is 2. The third-order valence-electron chi connectivity index (χ3n) is 5.09. The highest BCUT2D eigenvalue weighted by molar-refractivity contribution is 6.30. The van der Waals surface area contributed by atoms with Crippen molar-refractivity contribution in [2.45, 2.75) is 39.0 Å². The summed E-state index contributed by atoms with van der Waals surface area (Å²) in [6, 6.07) is 13.5. The first-order valence-corrected chi connectivity index (χ1v) is 10.4. The maximum atomic E-state index is 13.2. The number of benzene rings is 2. The zero-order chi connectivity index (χ0) is 19.9. The van der Waals surface area contributed by atoms with E-state index in [1.54, 1.807) is 6.07 Å². The number of hydrogen-bond acceptors (Lipinski definition) is 3. The fourth-order valence-corrected chi connectivity index (χ4v) is 3.83. The zero-order valence-electron chi connectivity index (χ0n) is 16.6. The van der Waals surface area contributed by atoms with Crippen LogP contribution in [0.2, 0.25) is 5.02 Å². The van der Waals surface area contributed by atoms with Gasteiger partial charge in [-0.05, 0) is 62.6 Å². The molecule has 2 aromatic rings. The molecule has 0 saturated carbocycles. The molecule has 150 valence electrons. The number of halogens is 1. The molecule has 28 heavy (non-hydrogen) atoms. The minimum absolute atomic E-state index is 0.0462. The van der Waals surface area contributed by atoms with Gasteiger partial charge in [-0.15, -0.1) is 0 Å². The second-order valence-electron chi connectivity index (χ2n) is 7.02. The third kappa shape index (κ3) is 4.99. The quantitative estimate of drug-likeness (QED) is 0.637. The van der Waals surface area contributed by atoms with E-state index in [9.17, 15) is 4.79 Å². The van der Waals surface area contributed by atoms with E-state index in [2.05, 4.69) is 12.1 Å². The number of rotatable bonds is 6. The summed E-state index contributed by atoms with van der Waals surface area (Å²) in [4.78, 5) is 15.2. The molecular formula is C23H28ClNO3. The second kappa shape index (κ2) is 9.83. The molecule has 1 fully saturated rings. The average molecular weight is 402 g/mol. The van der Waals surface area contributed by atoms with E-state index in [-0.39, 0.29) is 5.91 Å². The molecule has 0 spiro atoms. The second-order valence-corrected chi connectivity index (χ2v) is 7.46. The Kier molecular flexibility index (Phi) is 7.21. The molecular weight excluding hydrogens is 374 g/mol. The van der Waals surface area contributed by atoms with Gasteiger partial charge in [0.1, 0.15) is 0 Å². The molecule has 5 heteroatoms. The van der Waals surface area contributed by atoms with Gasteiger partial charge in [-0.3, -0.25) is 4.79 Å². The number of nitrogens with zero attached hydrogens (tertiary/aromatic N) is 1. The van der Waals surface area contributed by atoms with Gasteiger partial charge in [-0.25, -0.2) is 0 Å². The van der Waals surface area contributed by atoms with E-state index in [1.165, 1.54) is 5.56 Å². The van der Waals surface area contributed by atoms with Gasteiger partial charge in [-0.2, -0.15) is 0 Å². The van der Waals surface area contributed by atoms with E-state index >= 15 is 0 Å². The molecule has 0 aromatic heterocycles. The lowest BCUT2D eigenvalue weighted by Crippen LogP contribution is -2.34. The van der Waals surface area contributed by atoms with Gasteiger partial charge in [0.05, 0.1) is 13.2 Å². The predicted octanol–water partition coefficient (Wildman–Crippen LogP) is 5.55. The number of hydrogen-bond donors (Lipinski definition) is 0. The van der Waals surface area contributed by atoms with E-state index in [4.69, 9.17) is 21.1 Å². The first kappa shape index (κ1) is 20.5. The van der Waals surface area contributed by atoms with Gasteiger partial charge in [-0.1, -0.05) is 30.2 Å². The Morgan fingerprint density at radius 1 is 1.04 bits per heavy atom. The van der Waals surface area contributed by atoms with Crippen LogP contribution >= 0.6 is 11.6 Å². The van der Waals surface area contributed by atoms with Crippen molar-refractivity contribution < 1.29 is 14.3 Å². The maximum Gasteiger partial charge on any atom is 0.254 e. The molecule has 0 radical (unpaired) electrons. The van der Waals surface area contributed by atoms with E-state index in [1.807, 2.05) is 43.0 Å². The Bertz CT molecular complexity index is 791. The van der Waals surface area contributed by atoms with E-state index in [0.717, 1.165) is 37.4 Å². The minimum Gasteiger partial charge on any atom is -0.490 e. The summed E-state index contributed by atoms with van der Waals surface area (Å²) >= 11 is 6.03. The monoisotopic (exact) mass is 401 g/mol. The zero-order valence-corrected chi connectivity index (χ0v) is 17.4. The smallest absolute Gasteiger partial charge is 0.254 e. The summed E-state index contributed by atoms with van der Waals surface area (Å²) in [6.07, 6.45) is 3.22. The van der Waals surface area contributed by atoms with Crippen molar-refractivity contribution >= 4 is 17.5 Å². The van der Waals surface area contributed by atoms with Gasteiger partial charge in [0, 0.05) is 29.6 Å². The van der Waals surface area contributed by atoms with Crippen LogP contribution in [0.3, 0.4) is 0 Å². The normalized spacial score (nSPS) is 17.1. The molecule has 1 unspecified atom stereocenters. The van der Waals surface area contributed by atoms with Crippen LogP contribution in [0.25, 0.3) is 0 Å². The lowest BCUT2D eigenvalue weighted by Gasteiger charge is -2.25. The highest BCUT2D eigenvalue weighted by Gasteiger charge is 2.24. The summed E-state index contributed by atoms with van der Waals surface area (Å²) in [6.45, 7) is 6.44. The summed E-state index contributed by atoms with van der Waals surface area (Å²) < 4.78 is 11.3. The van der Waals surface area contributed by atoms with Crippen molar-refractivity contribution in [1.29, 1.82) is 0 Å². The number of carbonyl (C=O) groups excluding carboxylic acids is 1. The van der Waals surface area contributed by atoms with E-state index in [0.29, 0.717) is 36.2 Å². The average Bonchev–Trinajstić information content (AvgIpc) is 2.96. The Morgan fingerprint density at radius 3 is 2.46 bits per heavy atom. The molecule has 0 N–H and O–H groups in total. The Labute approximate surface area is 172 Å². The van der Waals surface area contributed by atoms with Crippen LogP contribution in [0.1, 0.15) is 54.9 Å². The molecule has 1 saturated heterocycles. The van der Waals surface area contributed by atoms with Crippen molar-refractivity contribution in [2.24, 2.45) is 0 Å². The standard InChI is InChI=1S/C23H28ClNO3/c1-3-27-21-13-10-18(15-22(21)28-4-2)23(26)25-14-6-5-7-19(16-25)17-8-11-20(24)12-9-17/h8-13,15,19H,3-7,14,16H2,1-2H3. The summed E-state index contributed by atoms with van der Waals surface area (Å²) in [7, 11) is 0. The number of carbonyl (C=O) groups is 1. The van der Waals surface area contributed by atoms with Crippen molar-refractivity contribution in [2.75, 3.05) is 26.3 Å². The summed E-state index contributed by atoms with van der Waals surface area (Å²) in [5.74, 6) is 1.68. The molecule has 1 amide bonds. The first-order valence-electron chi connectivity index (χ1n) is 10.1. The fraction of sp³-hybridized carbons (Fsp3) is 0.435. The maximum absolute atomic E-state index is 13.2. The number of likely N-dealkylation sites (tertiary alicyclic amines) is 1. The topological polar surface area (TPSA) is 38.8 Å². The summed E-state index contributed by atoms with van der Waals surface area (Å²) in [5.41, 5.74) is 1.88. The van der Waals surface area contributed by atoms with Gasteiger partial charge in [0.2, 0.25) is 0 Å². The molecule has 0 bridgehead atoms. The molecule has 1 aliphatic heterocycles. The van der Waals surface area contributed by atoms with Gasteiger partial charge >= 0.3 is 0 Å². The van der Waals surface area contributed by atoms with Crippen LogP contribution < -0.4 is 9.47 Å². The molecule has 2 aromatic carbocycles. The van der Waals surface area contributed by atoms with Gasteiger partial charge < -0.3 is 14.4 Å². The molecule has 1 atom stereocenters. The van der Waals surface area contributed by atoms with Crippen LogP contribution in [0.4, 0.5) is 0 Å². The molecule has 4 nitrogen and oxygen atoms in total. The van der Waals surface area contributed by atoms with Crippen molar-refractivity contribution in [3.63, 3.8) is 0 Å². The highest BCUT2D eigenvalue weighted by atomic mass is 35.5. The lowest BCUT2D eigenvalue weighted by molar-refractivity contribution is 0.0754. The van der Waals surface area contributed by atoms with Crippen LogP contribution in [0.15, 0.2) is 42.5 Å². The van der Waals surface area contributed by atoms with Crippen LogP contribution in [0, 0.1) is 0 Å². The predicted molar refractivity (Wildman–Crippen MR) is 113 cm³/mol. The van der Waals surface area contributed by atoms with Gasteiger partial charge in [0.25, 0.3) is 5.91 Å². The molecule has 1 aliphatic rings. The molecule has 1 heterocycles. The SMILES string of the molecule is CCOc1ccc(C(=O)N2CCCCC(c3ccc(Cl)cc3)C2)cc1OCC. The van der Waals surface area contributed by atoms with Crippen LogP contribution in [0.5, 0.6) is 11.5 Å². The van der Waals surface area contributed by atoms with Crippen LogP contribution in [-0.4, -0.2) is 37.1 Å². The molecule has 0 aliphatic carbocycles. The van der Waals surface area contributed by atoms with Crippen molar-refractivity contribution in [1.82, 2.24) is 4.90 Å². The fourth-order valence-electron chi connectivity index (χ4n) is 3.70. The Hall–Kier alpha value is -2.20. The third-order valence-corrected chi connectivity index (χ3v) is 5.34. The Balaban J connectivity index is 1.80. The van der Waals surface area contributed by atoms with Crippen molar-refractivity contribution in [3.8, 4) is 11.5 Å². The first-order chi connectivity index (χ1) is 13.6. The number of amides is 1. The molecule has 3 rings (SSSR count). The van der Waals surface area contributed by atoms with Gasteiger partial charge in [0.15, 0.2) is 11.5 Å². The highest BCUT2D eigenvalue weighted by Crippen LogP contribution is 2.31. The minimum atomic E-state index is 0.0462. The van der Waals surface area contributed by atoms with Crippen LogP contribution in [-0.2, 0) is 0 Å².